The molecule has 0 aliphatic carbocycles. The molecule has 0 spiro atoms. The topological polar surface area (TPSA) is 131 Å². The van der Waals surface area contributed by atoms with Crippen molar-refractivity contribution in [1.29, 1.82) is 0 Å². The molecule has 0 saturated heterocycles. The molecule has 1 amide bonds. The van der Waals surface area contributed by atoms with E-state index in [0.29, 0.717) is 6.42 Å². The van der Waals surface area contributed by atoms with Crippen LogP contribution in [0.1, 0.15) is 213 Å². The normalized spacial score (nSPS) is 13.7. The van der Waals surface area contributed by atoms with Gasteiger partial charge in [-0.3, -0.25) is 18.6 Å². The highest BCUT2D eigenvalue weighted by Gasteiger charge is 2.23. The van der Waals surface area contributed by atoms with E-state index < -0.39 is 26.5 Å². The quantitative estimate of drug-likeness (QED) is 0.0239. The molecule has 9 nitrogen and oxygen atoms in total. The summed E-state index contributed by atoms with van der Waals surface area (Å²) in [7, 11) is -4.42. The Morgan fingerprint density at radius 2 is 0.950 bits per heavy atom. The number of carbonyl (C=O) groups excluding carboxylic acids is 2. The van der Waals surface area contributed by atoms with Gasteiger partial charge in [-0.05, 0) is 57.8 Å². The van der Waals surface area contributed by atoms with E-state index in [1.54, 1.807) is 0 Å². The Balaban J connectivity index is 3.60. The number of hydrogen-bond acceptors (Lipinski definition) is 7. The number of allylic oxidation sites excluding steroid dienone is 10. The van der Waals surface area contributed by atoms with E-state index >= 15 is 0 Å². The summed E-state index contributed by atoms with van der Waals surface area (Å²) in [6, 6.07) is 0. The minimum atomic E-state index is -4.42. The molecule has 0 radical (unpaired) electrons. The van der Waals surface area contributed by atoms with Gasteiger partial charge in [0.05, 0.1) is 13.2 Å². The van der Waals surface area contributed by atoms with Crippen LogP contribution in [0.5, 0.6) is 0 Å². The van der Waals surface area contributed by atoms with Crippen molar-refractivity contribution in [3.05, 3.63) is 60.8 Å². The summed E-state index contributed by atoms with van der Waals surface area (Å²) in [6.45, 7) is 3.44. The van der Waals surface area contributed by atoms with Crippen molar-refractivity contribution < 1.29 is 37.9 Å². The van der Waals surface area contributed by atoms with Crippen LogP contribution < -0.4 is 5.32 Å². The van der Waals surface area contributed by atoms with Gasteiger partial charge >= 0.3 is 13.8 Å². The molecule has 0 aliphatic rings. The molecular weight excluding hydrogens is 774 g/mol. The number of aliphatic hydroxyl groups excluding tert-OH is 1. The van der Waals surface area contributed by atoms with Crippen LogP contribution in [0.15, 0.2) is 60.8 Å². The third-order valence-electron chi connectivity index (χ3n) is 10.2. The number of aliphatic hydroxyl groups is 1. The van der Waals surface area contributed by atoms with Gasteiger partial charge in [-0.15, -0.1) is 0 Å². The first-order chi connectivity index (χ1) is 29.3. The number of rotatable bonds is 45. The fourth-order valence-electron chi connectivity index (χ4n) is 6.58. The maximum atomic E-state index is 12.1. The Kier molecular flexibility index (Phi) is 44.5. The lowest BCUT2D eigenvalue weighted by Gasteiger charge is -2.15. The van der Waals surface area contributed by atoms with Crippen molar-refractivity contribution in [3.63, 3.8) is 0 Å². The van der Waals surface area contributed by atoms with Gasteiger partial charge in [0.25, 0.3) is 0 Å². The third-order valence-corrected chi connectivity index (χ3v) is 11.2. The average molecular weight is 864 g/mol. The smallest absolute Gasteiger partial charge is 0.463 e. The largest absolute Gasteiger partial charge is 0.472 e. The summed E-state index contributed by atoms with van der Waals surface area (Å²) in [5.41, 5.74) is 0. The molecular formula is C50H90NO8P. The summed E-state index contributed by atoms with van der Waals surface area (Å²) in [5, 5.41) is 12.7. The molecule has 3 N–H and O–H groups in total. The monoisotopic (exact) mass is 864 g/mol. The molecule has 0 heterocycles. The summed E-state index contributed by atoms with van der Waals surface area (Å²) in [4.78, 5) is 34.0. The van der Waals surface area contributed by atoms with E-state index in [1.165, 1.54) is 109 Å². The van der Waals surface area contributed by atoms with Crippen LogP contribution in [-0.2, 0) is 27.9 Å². The van der Waals surface area contributed by atoms with Gasteiger partial charge in [0.2, 0.25) is 5.91 Å². The second-order valence-corrected chi connectivity index (χ2v) is 17.5. The zero-order valence-corrected chi connectivity index (χ0v) is 39.3. The summed E-state index contributed by atoms with van der Waals surface area (Å²) in [5.74, 6) is -0.525. The van der Waals surface area contributed by atoms with Gasteiger partial charge in [0, 0.05) is 19.4 Å². The molecule has 60 heavy (non-hydrogen) atoms. The van der Waals surface area contributed by atoms with Crippen LogP contribution in [0.3, 0.4) is 0 Å². The van der Waals surface area contributed by atoms with Crippen LogP contribution in [0.25, 0.3) is 0 Å². The number of unbranched alkanes of at least 4 members (excludes halogenated alkanes) is 22. The molecule has 2 atom stereocenters. The number of ether oxygens (including phenoxy) is 1. The lowest BCUT2D eigenvalue weighted by atomic mass is 10.0. The molecule has 0 bridgehead atoms. The Morgan fingerprint density at radius 3 is 1.43 bits per heavy atom. The van der Waals surface area contributed by atoms with Crippen LogP contribution in [0.4, 0.5) is 0 Å². The molecule has 0 aromatic carbocycles. The number of esters is 1. The number of hydrogen-bond donors (Lipinski definition) is 3. The van der Waals surface area contributed by atoms with Gasteiger partial charge in [0.1, 0.15) is 12.7 Å². The van der Waals surface area contributed by atoms with Crippen molar-refractivity contribution in [2.24, 2.45) is 0 Å². The summed E-state index contributed by atoms with van der Waals surface area (Å²) < 4.78 is 26.9. The number of nitrogens with one attached hydrogen (secondary N) is 1. The van der Waals surface area contributed by atoms with Crippen LogP contribution in [0.2, 0.25) is 0 Å². The molecule has 0 saturated carbocycles. The van der Waals surface area contributed by atoms with Crippen LogP contribution in [-0.4, -0.2) is 54.3 Å². The Morgan fingerprint density at radius 1 is 0.533 bits per heavy atom. The highest BCUT2D eigenvalue weighted by Crippen LogP contribution is 2.42. The summed E-state index contributed by atoms with van der Waals surface area (Å²) in [6.07, 6.45) is 55.8. The van der Waals surface area contributed by atoms with Gasteiger partial charge < -0.3 is 20.1 Å². The minimum absolute atomic E-state index is 0.0736. The highest BCUT2D eigenvalue weighted by molar-refractivity contribution is 7.47. The Bertz CT molecular complexity index is 1170. The van der Waals surface area contributed by atoms with E-state index in [-0.39, 0.29) is 32.1 Å². The third kappa shape index (κ3) is 46.8. The highest BCUT2D eigenvalue weighted by atomic mass is 31.2. The zero-order valence-electron chi connectivity index (χ0n) is 38.4. The van der Waals surface area contributed by atoms with E-state index in [4.69, 9.17) is 13.8 Å². The van der Waals surface area contributed by atoms with Crippen molar-refractivity contribution in [2.75, 3.05) is 26.4 Å². The van der Waals surface area contributed by atoms with E-state index in [0.717, 1.165) is 77.0 Å². The standard InChI is InChI=1S/C50H90NO8P/c1-3-5-7-9-11-13-15-17-19-21-22-23-24-25-26-27-28-30-32-34-36-38-40-42-49(53)51-44-45-58-60(55,56)59-47-48(52)46-57-50(54)43-41-39-37-35-33-31-29-20-18-16-14-12-10-8-6-4-2/h5,7,11,13,17,19,22-23,25-26,48,52H,3-4,6,8-10,12,14-16,18,20-21,24,27-47H2,1-2H3,(H,51,53)(H,55,56)/b7-5-,13-11-,19-17-,23-22-,26-25-. The fourth-order valence-corrected chi connectivity index (χ4v) is 7.34. The van der Waals surface area contributed by atoms with Crippen molar-refractivity contribution >= 4 is 19.7 Å². The molecule has 0 aromatic heterocycles. The summed E-state index contributed by atoms with van der Waals surface area (Å²) >= 11 is 0. The zero-order chi connectivity index (χ0) is 43.9. The predicted octanol–water partition coefficient (Wildman–Crippen LogP) is 14.1. The van der Waals surface area contributed by atoms with Crippen LogP contribution in [0, 0.1) is 0 Å². The minimum Gasteiger partial charge on any atom is -0.463 e. The van der Waals surface area contributed by atoms with Gasteiger partial charge in [-0.25, -0.2) is 4.57 Å². The van der Waals surface area contributed by atoms with Crippen molar-refractivity contribution in [3.8, 4) is 0 Å². The van der Waals surface area contributed by atoms with Crippen molar-refractivity contribution in [2.45, 2.75) is 219 Å². The number of phosphoric acid groups is 1. The Hall–Kier alpha value is -2.29. The number of phosphoric ester groups is 1. The lowest BCUT2D eigenvalue weighted by molar-refractivity contribution is -0.147. The molecule has 348 valence electrons. The Labute approximate surface area is 368 Å². The van der Waals surface area contributed by atoms with Gasteiger partial charge in [0.15, 0.2) is 0 Å². The maximum Gasteiger partial charge on any atom is 0.472 e. The van der Waals surface area contributed by atoms with E-state index in [1.807, 2.05) is 0 Å². The van der Waals surface area contributed by atoms with Gasteiger partial charge in [-0.1, -0.05) is 203 Å². The first-order valence-electron chi connectivity index (χ1n) is 24.3. The number of amides is 1. The molecule has 2 unspecified atom stereocenters. The number of carbonyl (C=O) groups is 2. The lowest BCUT2D eigenvalue weighted by Crippen LogP contribution is -2.27. The van der Waals surface area contributed by atoms with E-state index in [9.17, 15) is 24.2 Å². The van der Waals surface area contributed by atoms with Crippen molar-refractivity contribution in [1.82, 2.24) is 5.32 Å². The molecule has 0 fully saturated rings. The SMILES string of the molecule is CC/C=C\C/C=C\C/C=C\C/C=C\C/C=C\CCCCCCCCCC(=O)NCCOP(=O)(O)OCC(O)COC(=O)CCCCCCCCCCCCCCCCCC. The average Bonchev–Trinajstić information content (AvgIpc) is 3.23. The van der Waals surface area contributed by atoms with Crippen LogP contribution >= 0.6 is 7.82 Å². The van der Waals surface area contributed by atoms with E-state index in [2.05, 4.69) is 79.9 Å². The molecule has 10 heteroatoms. The predicted molar refractivity (Wildman–Crippen MR) is 252 cm³/mol. The first-order valence-corrected chi connectivity index (χ1v) is 25.8. The maximum absolute atomic E-state index is 12.1. The second kappa shape index (κ2) is 46.2. The molecule has 0 rings (SSSR count). The molecule has 0 aliphatic heterocycles. The fraction of sp³-hybridized carbons (Fsp3) is 0.760. The van der Waals surface area contributed by atoms with Gasteiger partial charge in [-0.2, -0.15) is 0 Å². The second-order valence-electron chi connectivity index (χ2n) is 16.1. The first kappa shape index (κ1) is 57.7. The molecule has 0 aromatic rings.